The number of carbonyl (C=O) groups is 1. The first-order valence-corrected chi connectivity index (χ1v) is 4.60. The molecule has 1 heterocycles. The van der Waals surface area contributed by atoms with Gasteiger partial charge in [0.2, 0.25) is 5.91 Å². The Hall–Kier alpha value is -0.300. The average molecular weight is 204 g/mol. The predicted molar refractivity (Wildman–Crippen MR) is 48.1 cm³/mol. The molecule has 1 amide bonds. The lowest BCUT2D eigenvalue weighted by Gasteiger charge is -2.31. The van der Waals surface area contributed by atoms with Crippen molar-refractivity contribution in [3.05, 3.63) is 6.92 Å². The van der Waals surface area contributed by atoms with Crippen molar-refractivity contribution in [1.29, 1.82) is 0 Å². The van der Waals surface area contributed by atoms with Crippen molar-refractivity contribution in [2.45, 2.75) is 0 Å². The van der Waals surface area contributed by atoms with Crippen molar-refractivity contribution in [3.63, 3.8) is 0 Å². The van der Waals surface area contributed by atoms with Crippen LogP contribution in [0.15, 0.2) is 0 Å². The third-order valence-electron chi connectivity index (χ3n) is 1.75. The van der Waals surface area contributed by atoms with E-state index in [1.807, 2.05) is 4.31 Å². The summed E-state index contributed by atoms with van der Waals surface area (Å²) in [7, 11) is 1.45. The average Bonchev–Trinajstić information content (AvgIpc) is 2.15. The van der Waals surface area contributed by atoms with Gasteiger partial charge in [-0.1, -0.05) is 0 Å². The Morgan fingerprint density at radius 1 is 1.38 bits per heavy atom. The molecule has 0 bridgehead atoms. The van der Waals surface area contributed by atoms with Crippen molar-refractivity contribution in [3.8, 4) is 0 Å². The number of hydrogen-bond donors (Lipinski definition) is 0. The van der Waals surface area contributed by atoms with Crippen molar-refractivity contribution >= 4 is 18.1 Å². The normalized spacial score (nSPS) is 19.1. The van der Waals surface area contributed by atoms with Crippen LogP contribution in [0.2, 0.25) is 0 Å². The van der Waals surface area contributed by atoms with Crippen LogP contribution in [0, 0.1) is 6.92 Å². The molecular weight excluding hydrogens is 192 g/mol. The minimum atomic E-state index is -0.364. The highest BCUT2D eigenvalue weighted by Gasteiger charge is 2.19. The van der Waals surface area contributed by atoms with E-state index in [-0.39, 0.29) is 5.91 Å². The van der Waals surface area contributed by atoms with E-state index in [4.69, 9.17) is 6.92 Å². The molecule has 5 nitrogen and oxygen atoms in total. The topological polar surface area (TPSA) is 42.0 Å². The summed E-state index contributed by atoms with van der Waals surface area (Å²) in [6, 6.07) is 0. The molecule has 0 unspecified atom stereocenters. The van der Waals surface area contributed by atoms with Gasteiger partial charge in [-0.05, 0) is 0 Å². The van der Waals surface area contributed by atoms with E-state index >= 15 is 0 Å². The summed E-state index contributed by atoms with van der Waals surface area (Å²) in [5.74, 6) is -0.364. The Balaban J connectivity index is 2.18. The second kappa shape index (κ2) is 5.43. The van der Waals surface area contributed by atoms with E-state index in [9.17, 15) is 4.79 Å². The summed E-state index contributed by atoms with van der Waals surface area (Å²) in [5.41, 5.74) is 0. The van der Waals surface area contributed by atoms with E-state index in [1.165, 1.54) is 7.11 Å². The molecule has 2 radical (unpaired) electrons. The van der Waals surface area contributed by atoms with Gasteiger partial charge < -0.3 is 4.90 Å². The van der Waals surface area contributed by atoms with Gasteiger partial charge in [0.1, 0.15) is 12.2 Å². The molecule has 1 saturated heterocycles. The molecule has 74 valence electrons. The van der Waals surface area contributed by atoms with Crippen molar-refractivity contribution in [1.82, 2.24) is 9.21 Å². The third kappa shape index (κ3) is 3.51. The maximum absolute atomic E-state index is 10.7. The molecule has 0 N–H and O–H groups in total. The van der Waals surface area contributed by atoms with E-state index in [0.29, 0.717) is 13.1 Å². The first kappa shape index (κ1) is 10.8. The first-order valence-electron chi connectivity index (χ1n) is 3.91. The lowest BCUT2D eigenvalue weighted by molar-refractivity contribution is -0.164. The monoisotopic (exact) mass is 204 g/mol. The van der Waals surface area contributed by atoms with Crippen molar-refractivity contribution in [2.75, 3.05) is 33.3 Å². The van der Waals surface area contributed by atoms with Gasteiger partial charge in [0.25, 0.3) is 0 Å². The molecule has 1 rings (SSSR count). The van der Waals surface area contributed by atoms with E-state index < -0.39 is 0 Å². The molecular formula is C7H12N2O3S. The van der Waals surface area contributed by atoms with Gasteiger partial charge in [0.15, 0.2) is 0 Å². The minimum absolute atomic E-state index is 0.364. The first-order chi connectivity index (χ1) is 6.24. The van der Waals surface area contributed by atoms with Gasteiger partial charge in [-0.2, -0.15) is 0 Å². The zero-order valence-electron chi connectivity index (χ0n) is 7.43. The standard InChI is InChI=1S/C7H12N2O3S/c1-7(10)8-3-5-9(6-4-8)13-12-11-2/h1H,3-6H2,2H3. The van der Waals surface area contributed by atoms with Gasteiger partial charge in [0.05, 0.1) is 14.0 Å². The van der Waals surface area contributed by atoms with Crippen LogP contribution in [-0.2, 0) is 14.0 Å². The smallest absolute Gasteiger partial charge is 0.227 e. The fourth-order valence-corrected chi connectivity index (χ4v) is 1.52. The van der Waals surface area contributed by atoms with Crippen LogP contribution < -0.4 is 0 Å². The summed E-state index contributed by atoms with van der Waals surface area (Å²) in [6.45, 7) is 7.85. The van der Waals surface area contributed by atoms with Gasteiger partial charge >= 0.3 is 0 Å². The number of carbonyl (C=O) groups excluding carboxylic acids is 1. The minimum Gasteiger partial charge on any atom is -0.340 e. The summed E-state index contributed by atoms with van der Waals surface area (Å²) >= 11 is 1.14. The Kier molecular flexibility index (Phi) is 4.51. The van der Waals surface area contributed by atoms with Crippen LogP contribution in [0.5, 0.6) is 0 Å². The molecule has 1 aliphatic rings. The number of hydrogen-bond acceptors (Lipinski definition) is 5. The Morgan fingerprint density at radius 3 is 2.46 bits per heavy atom. The van der Waals surface area contributed by atoms with Crippen LogP contribution in [0.4, 0.5) is 0 Å². The molecule has 6 heteroatoms. The molecule has 0 aromatic carbocycles. The van der Waals surface area contributed by atoms with Crippen LogP contribution in [0.25, 0.3) is 0 Å². The maximum Gasteiger partial charge on any atom is 0.227 e. The van der Waals surface area contributed by atoms with Crippen LogP contribution in [-0.4, -0.2) is 48.4 Å². The summed E-state index contributed by atoms with van der Waals surface area (Å²) in [6.07, 6.45) is 0. The highest BCUT2D eigenvalue weighted by Crippen LogP contribution is 2.14. The fourth-order valence-electron chi connectivity index (χ4n) is 1.06. The second-order valence-corrected chi connectivity index (χ2v) is 3.37. The molecule has 1 aliphatic heterocycles. The SMILES string of the molecule is [CH]C(=O)N1CCN(SOOC)CC1. The molecule has 0 aromatic heterocycles. The molecule has 0 aromatic rings. The summed E-state index contributed by atoms with van der Waals surface area (Å²) < 4.78 is 6.64. The van der Waals surface area contributed by atoms with Gasteiger partial charge in [-0.15, -0.1) is 4.33 Å². The van der Waals surface area contributed by atoms with Crippen LogP contribution in [0.3, 0.4) is 0 Å². The molecule has 1 fully saturated rings. The van der Waals surface area contributed by atoms with E-state index in [2.05, 4.69) is 9.22 Å². The zero-order valence-corrected chi connectivity index (χ0v) is 8.25. The number of nitrogens with zero attached hydrogens (tertiary/aromatic N) is 2. The van der Waals surface area contributed by atoms with Crippen molar-refractivity contribution < 1.29 is 14.0 Å². The lowest BCUT2D eigenvalue weighted by atomic mass is 10.3. The molecule has 13 heavy (non-hydrogen) atoms. The molecule has 0 spiro atoms. The number of rotatable bonds is 3. The lowest BCUT2D eigenvalue weighted by Crippen LogP contribution is -2.45. The predicted octanol–water partition coefficient (Wildman–Crippen LogP) is -0.0171. The van der Waals surface area contributed by atoms with Crippen molar-refractivity contribution in [2.24, 2.45) is 0 Å². The quantitative estimate of drug-likeness (QED) is 0.280. The van der Waals surface area contributed by atoms with E-state index in [0.717, 1.165) is 25.3 Å². The van der Waals surface area contributed by atoms with Crippen LogP contribution >= 0.6 is 12.2 Å². The zero-order chi connectivity index (χ0) is 9.68. The highest BCUT2D eigenvalue weighted by atomic mass is 32.2. The second-order valence-electron chi connectivity index (χ2n) is 2.56. The Labute approximate surface area is 82.2 Å². The van der Waals surface area contributed by atoms with Gasteiger partial charge in [0, 0.05) is 26.2 Å². The van der Waals surface area contributed by atoms with E-state index in [1.54, 1.807) is 4.90 Å². The Morgan fingerprint density at radius 2 is 2.00 bits per heavy atom. The number of piperazine rings is 1. The third-order valence-corrected chi connectivity index (χ3v) is 2.53. The highest BCUT2D eigenvalue weighted by molar-refractivity contribution is 7.92. The Bertz CT molecular complexity index is 171. The molecule has 0 atom stereocenters. The molecule has 0 saturated carbocycles. The number of amides is 1. The van der Waals surface area contributed by atoms with Crippen LogP contribution in [0.1, 0.15) is 0 Å². The van der Waals surface area contributed by atoms with Gasteiger partial charge in [-0.25, -0.2) is 9.19 Å². The summed E-state index contributed by atoms with van der Waals surface area (Å²) in [5, 5.41) is 0. The summed E-state index contributed by atoms with van der Waals surface area (Å²) in [4.78, 5) is 16.8. The van der Waals surface area contributed by atoms with Gasteiger partial charge in [-0.3, -0.25) is 4.79 Å². The largest absolute Gasteiger partial charge is 0.340 e. The molecule has 0 aliphatic carbocycles. The maximum atomic E-state index is 10.7. The fraction of sp³-hybridized carbons (Fsp3) is 0.714.